The largest absolute Gasteiger partial charge is 0.312 e. The Morgan fingerprint density at radius 3 is 2.25 bits per heavy atom. The van der Waals surface area contributed by atoms with Crippen LogP contribution in [0.15, 0.2) is 24.3 Å². The summed E-state index contributed by atoms with van der Waals surface area (Å²) < 4.78 is 0. The summed E-state index contributed by atoms with van der Waals surface area (Å²) in [6.07, 6.45) is 3.67. The monoisotopic (exact) mass is 276 g/mol. The first-order chi connectivity index (χ1) is 9.54. The fourth-order valence-corrected chi connectivity index (χ4v) is 2.13. The van der Waals surface area contributed by atoms with Crippen LogP contribution in [0.4, 0.5) is 5.69 Å². The molecule has 0 spiro atoms. The van der Waals surface area contributed by atoms with E-state index in [1.54, 1.807) is 0 Å². The number of anilines is 1. The molecular formula is C17H28N2O. The summed E-state index contributed by atoms with van der Waals surface area (Å²) in [5, 5.41) is 0. The number of unbranched alkanes of at least 4 members (excludes halogenated alkanes) is 1. The molecule has 3 nitrogen and oxygen atoms in total. The number of rotatable bonds is 8. The molecule has 1 aromatic rings. The van der Waals surface area contributed by atoms with Gasteiger partial charge in [0, 0.05) is 18.7 Å². The molecule has 112 valence electrons. The van der Waals surface area contributed by atoms with Crippen LogP contribution in [-0.4, -0.2) is 38.0 Å². The molecule has 1 rings (SSSR count). The van der Waals surface area contributed by atoms with Crippen LogP contribution in [0.5, 0.6) is 0 Å². The Morgan fingerprint density at radius 1 is 1.05 bits per heavy atom. The lowest BCUT2D eigenvalue weighted by atomic mass is 10.1. The fraction of sp³-hybridized carbons (Fsp3) is 0.588. The third kappa shape index (κ3) is 5.74. The molecule has 0 fully saturated rings. The number of carbonyl (C=O) groups is 1. The van der Waals surface area contributed by atoms with E-state index in [-0.39, 0.29) is 5.91 Å². The van der Waals surface area contributed by atoms with Crippen LogP contribution in [-0.2, 0) is 4.79 Å². The highest BCUT2D eigenvalue weighted by Crippen LogP contribution is 2.17. The predicted molar refractivity (Wildman–Crippen MR) is 86.2 cm³/mol. The van der Waals surface area contributed by atoms with Gasteiger partial charge in [0.05, 0.1) is 0 Å². The molecule has 1 aromatic carbocycles. The van der Waals surface area contributed by atoms with Crippen molar-refractivity contribution in [1.82, 2.24) is 4.90 Å². The van der Waals surface area contributed by atoms with Crippen molar-refractivity contribution in [2.24, 2.45) is 0 Å². The van der Waals surface area contributed by atoms with Crippen molar-refractivity contribution in [3.63, 3.8) is 0 Å². The maximum Gasteiger partial charge on any atom is 0.226 e. The molecule has 0 aliphatic carbocycles. The van der Waals surface area contributed by atoms with E-state index in [9.17, 15) is 4.79 Å². The molecule has 0 N–H and O–H groups in total. The first-order valence-electron chi connectivity index (χ1n) is 7.56. The maximum absolute atomic E-state index is 12.4. The summed E-state index contributed by atoms with van der Waals surface area (Å²) >= 11 is 0. The van der Waals surface area contributed by atoms with Crippen LogP contribution < -0.4 is 4.90 Å². The number of aryl methyl sites for hydroxylation is 1. The maximum atomic E-state index is 12.4. The number of amides is 1. The van der Waals surface area contributed by atoms with Crippen LogP contribution in [0, 0.1) is 6.92 Å². The lowest BCUT2D eigenvalue weighted by Crippen LogP contribution is -2.33. The minimum atomic E-state index is 0.245. The molecule has 0 atom stereocenters. The minimum Gasteiger partial charge on any atom is -0.312 e. The number of nitrogens with zero attached hydrogens (tertiary/aromatic N) is 2. The van der Waals surface area contributed by atoms with E-state index in [0.29, 0.717) is 6.42 Å². The molecule has 1 amide bonds. The van der Waals surface area contributed by atoms with E-state index in [2.05, 4.69) is 57.1 Å². The summed E-state index contributed by atoms with van der Waals surface area (Å²) in [6.45, 7) is 5.99. The molecule has 0 saturated carbocycles. The smallest absolute Gasteiger partial charge is 0.226 e. The Balaban J connectivity index is 2.72. The number of benzene rings is 1. The van der Waals surface area contributed by atoms with Gasteiger partial charge in [-0.15, -0.1) is 0 Å². The summed E-state index contributed by atoms with van der Waals surface area (Å²) in [5.74, 6) is 0.245. The highest BCUT2D eigenvalue weighted by molar-refractivity contribution is 5.93. The van der Waals surface area contributed by atoms with Gasteiger partial charge in [0.25, 0.3) is 0 Å². The first kappa shape index (κ1) is 16.7. The third-order valence-corrected chi connectivity index (χ3v) is 3.38. The first-order valence-corrected chi connectivity index (χ1v) is 7.56. The van der Waals surface area contributed by atoms with Crippen molar-refractivity contribution in [1.29, 1.82) is 0 Å². The lowest BCUT2D eigenvalue weighted by molar-refractivity contribution is -0.118. The molecule has 0 aromatic heterocycles. The van der Waals surface area contributed by atoms with Crippen molar-refractivity contribution >= 4 is 11.6 Å². The summed E-state index contributed by atoms with van der Waals surface area (Å²) in [4.78, 5) is 16.5. The molecule has 0 aliphatic heterocycles. The lowest BCUT2D eigenvalue weighted by Gasteiger charge is -2.24. The zero-order valence-corrected chi connectivity index (χ0v) is 13.4. The van der Waals surface area contributed by atoms with Gasteiger partial charge in [-0.3, -0.25) is 4.79 Å². The second-order valence-corrected chi connectivity index (χ2v) is 5.64. The zero-order chi connectivity index (χ0) is 15.0. The molecular weight excluding hydrogens is 248 g/mol. The highest BCUT2D eigenvalue weighted by atomic mass is 16.2. The minimum absolute atomic E-state index is 0.245. The van der Waals surface area contributed by atoms with Crippen molar-refractivity contribution in [3.05, 3.63) is 29.8 Å². The van der Waals surface area contributed by atoms with Gasteiger partial charge in [-0.1, -0.05) is 31.0 Å². The van der Waals surface area contributed by atoms with Gasteiger partial charge in [0.15, 0.2) is 0 Å². The van der Waals surface area contributed by atoms with Gasteiger partial charge in [-0.05, 0) is 52.5 Å². The van der Waals surface area contributed by atoms with Crippen molar-refractivity contribution in [3.8, 4) is 0 Å². The van der Waals surface area contributed by atoms with E-state index in [1.165, 1.54) is 5.56 Å². The quantitative estimate of drug-likeness (QED) is 0.726. The molecule has 0 saturated heterocycles. The number of carbonyl (C=O) groups excluding carboxylic acids is 1. The van der Waals surface area contributed by atoms with E-state index < -0.39 is 0 Å². The van der Waals surface area contributed by atoms with Gasteiger partial charge in [-0.2, -0.15) is 0 Å². The van der Waals surface area contributed by atoms with Crippen LogP contribution in [0.2, 0.25) is 0 Å². The predicted octanol–water partition coefficient (Wildman–Crippen LogP) is 3.47. The van der Waals surface area contributed by atoms with E-state index in [1.807, 2.05) is 4.90 Å². The van der Waals surface area contributed by atoms with Gasteiger partial charge in [0.2, 0.25) is 5.91 Å². The Labute approximate surface area is 123 Å². The van der Waals surface area contributed by atoms with Crippen LogP contribution in [0.1, 0.15) is 38.2 Å². The Kier molecular flexibility index (Phi) is 7.31. The highest BCUT2D eigenvalue weighted by Gasteiger charge is 2.14. The summed E-state index contributed by atoms with van der Waals surface area (Å²) in [6, 6.07) is 8.24. The van der Waals surface area contributed by atoms with E-state index in [4.69, 9.17) is 0 Å². The number of hydrogen-bond acceptors (Lipinski definition) is 2. The van der Waals surface area contributed by atoms with Crippen molar-refractivity contribution in [2.45, 2.75) is 39.5 Å². The Hall–Kier alpha value is -1.35. The van der Waals surface area contributed by atoms with Gasteiger partial charge >= 0.3 is 0 Å². The number of hydrogen-bond donors (Lipinski definition) is 0. The Bertz CT molecular complexity index is 398. The van der Waals surface area contributed by atoms with Crippen molar-refractivity contribution in [2.75, 3.05) is 32.1 Å². The molecule has 20 heavy (non-hydrogen) atoms. The van der Waals surface area contributed by atoms with Crippen LogP contribution >= 0.6 is 0 Å². The van der Waals surface area contributed by atoms with E-state index >= 15 is 0 Å². The molecule has 0 unspecified atom stereocenters. The SMILES string of the molecule is CCCCC(=O)N(CCCN(C)C)c1ccc(C)cc1. The average molecular weight is 276 g/mol. The Morgan fingerprint density at radius 2 is 1.70 bits per heavy atom. The topological polar surface area (TPSA) is 23.6 Å². The van der Waals surface area contributed by atoms with Gasteiger partial charge < -0.3 is 9.80 Å². The van der Waals surface area contributed by atoms with Gasteiger partial charge in [-0.25, -0.2) is 0 Å². The summed E-state index contributed by atoms with van der Waals surface area (Å²) in [5.41, 5.74) is 2.25. The molecule has 0 radical (unpaired) electrons. The van der Waals surface area contributed by atoms with Gasteiger partial charge in [0.1, 0.15) is 0 Å². The molecule has 0 aliphatic rings. The van der Waals surface area contributed by atoms with Crippen molar-refractivity contribution < 1.29 is 4.79 Å². The standard InChI is InChI=1S/C17H28N2O/c1-5-6-8-17(20)19(14-7-13-18(3)4)16-11-9-15(2)10-12-16/h9-12H,5-8,13-14H2,1-4H3. The fourth-order valence-electron chi connectivity index (χ4n) is 2.13. The molecule has 3 heteroatoms. The van der Waals surface area contributed by atoms with Crippen LogP contribution in [0.25, 0.3) is 0 Å². The normalized spacial score (nSPS) is 10.8. The second kappa shape index (κ2) is 8.75. The van der Waals surface area contributed by atoms with Crippen LogP contribution in [0.3, 0.4) is 0 Å². The average Bonchev–Trinajstić information content (AvgIpc) is 2.42. The molecule has 0 bridgehead atoms. The summed E-state index contributed by atoms with van der Waals surface area (Å²) in [7, 11) is 4.13. The zero-order valence-electron chi connectivity index (χ0n) is 13.4. The third-order valence-electron chi connectivity index (χ3n) is 3.38. The molecule has 0 heterocycles. The second-order valence-electron chi connectivity index (χ2n) is 5.64. The van der Waals surface area contributed by atoms with E-state index in [0.717, 1.165) is 38.0 Å².